The summed E-state index contributed by atoms with van der Waals surface area (Å²) >= 11 is 0. The van der Waals surface area contributed by atoms with Crippen LogP contribution < -0.4 is 0 Å². The number of cyclic esters (lactones) is 1. The highest BCUT2D eigenvalue weighted by atomic mass is 19.1. The maximum atomic E-state index is 13.3. The monoisotopic (exact) mass is 222 g/mol. The van der Waals surface area contributed by atoms with E-state index in [0.717, 1.165) is 17.5 Å². The van der Waals surface area contributed by atoms with Crippen molar-refractivity contribution < 1.29 is 13.9 Å². The molecule has 0 aliphatic carbocycles. The molecular formula is C13H15FO2. The molecule has 2 rings (SSSR count). The van der Waals surface area contributed by atoms with Crippen molar-refractivity contribution in [3.05, 3.63) is 35.1 Å². The predicted octanol–water partition coefficient (Wildman–Crippen LogP) is 2.59. The SMILES string of the molecule is CCC1(C)COC(=O)Cc2ccc(F)cc21. The van der Waals surface area contributed by atoms with Crippen LogP contribution in [0.5, 0.6) is 0 Å². The first-order valence-corrected chi connectivity index (χ1v) is 5.50. The second-order valence-electron chi connectivity index (χ2n) is 4.55. The average Bonchev–Trinajstić information content (AvgIpc) is 2.39. The number of fused-ring (bicyclic) bond motifs is 1. The summed E-state index contributed by atoms with van der Waals surface area (Å²) < 4.78 is 18.4. The summed E-state index contributed by atoms with van der Waals surface area (Å²) in [5, 5.41) is 0. The summed E-state index contributed by atoms with van der Waals surface area (Å²) in [4.78, 5) is 11.4. The van der Waals surface area contributed by atoms with E-state index in [1.54, 1.807) is 6.07 Å². The Morgan fingerprint density at radius 1 is 1.50 bits per heavy atom. The van der Waals surface area contributed by atoms with E-state index in [-0.39, 0.29) is 23.6 Å². The highest BCUT2D eigenvalue weighted by molar-refractivity contribution is 5.74. The van der Waals surface area contributed by atoms with Gasteiger partial charge in [0.15, 0.2) is 0 Å². The standard InChI is InChI=1S/C13H15FO2/c1-3-13(2)8-16-12(15)6-9-4-5-10(14)7-11(9)13/h4-5,7H,3,6,8H2,1-2H3. The molecule has 86 valence electrons. The molecule has 1 aliphatic heterocycles. The lowest BCUT2D eigenvalue weighted by Crippen LogP contribution is -2.27. The van der Waals surface area contributed by atoms with Crippen LogP contribution in [0.3, 0.4) is 0 Å². The number of halogens is 1. The van der Waals surface area contributed by atoms with Crippen molar-refractivity contribution in [2.24, 2.45) is 0 Å². The molecule has 1 aliphatic rings. The van der Waals surface area contributed by atoms with Gasteiger partial charge in [-0.15, -0.1) is 0 Å². The first-order valence-electron chi connectivity index (χ1n) is 5.50. The topological polar surface area (TPSA) is 26.3 Å². The third kappa shape index (κ3) is 1.82. The lowest BCUT2D eigenvalue weighted by atomic mass is 9.78. The molecule has 0 bridgehead atoms. The summed E-state index contributed by atoms with van der Waals surface area (Å²) in [6.45, 7) is 4.36. The molecule has 1 unspecified atom stereocenters. The fourth-order valence-electron chi connectivity index (χ4n) is 2.08. The first kappa shape index (κ1) is 11.1. The summed E-state index contributed by atoms with van der Waals surface area (Å²) in [5.74, 6) is -0.488. The van der Waals surface area contributed by atoms with Gasteiger partial charge >= 0.3 is 5.97 Å². The number of ether oxygens (including phenoxy) is 1. The van der Waals surface area contributed by atoms with Gasteiger partial charge in [0.05, 0.1) is 6.42 Å². The smallest absolute Gasteiger partial charge is 0.310 e. The number of hydrogen-bond donors (Lipinski definition) is 0. The lowest BCUT2D eigenvalue weighted by Gasteiger charge is -2.27. The van der Waals surface area contributed by atoms with Crippen molar-refractivity contribution in [1.82, 2.24) is 0 Å². The van der Waals surface area contributed by atoms with Crippen molar-refractivity contribution in [1.29, 1.82) is 0 Å². The minimum absolute atomic E-state index is 0.231. The van der Waals surface area contributed by atoms with Crippen LogP contribution >= 0.6 is 0 Å². The average molecular weight is 222 g/mol. The summed E-state index contributed by atoms with van der Waals surface area (Å²) in [6.07, 6.45) is 1.06. The van der Waals surface area contributed by atoms with Crippen molar-refractivity contribution in [3.8, 4) is 0 Å². The molecule has 16 heavy (non-hydrogen) atoms. The van der Waals surface area contributed by atoms with Gasteiger partial charge in [-0.1, -0.05) is 19.9 Å². The molecule has 1 aromatic rings. The zero-order chi connectivity index (χ0) is 11.8. The molecule has 0 saturated heterocycles. The Balaban J connectivity index is 2.56. The predicted molar refractivity (Wildman–Crippen MR) is 58.7 cm³/mol. The molecule has 0 spiro atoms. The fourth-order valence-corrected chi connectivity index (χ4v) is 2.08. The lowest BCUT2D eigenvalue weighted by molar-refractivity contribution is -0.143. The van der Waals surface area contributed by atoms with Gasteiger partial charge < -0.3 is 4.74 Å². The van der Waals surface area contributed by atoms with E-state index >= 15 is 0 Å². The van der Waals surface area contributed by atoms with Gasteiger partial charge in [0.25, 0.3) is 0 Å². The number of carbonyl (C=O) groups is 1. The second kappa shape index (κ2) is 3.89. The molecule has 0 saturated carbocycles. The molecule has 2 nitrogen and oxygen atoms in total. The largest absolute Gasteiger partial charge is 0.464 e. The summed E-state index contributed by atoms with van der Waals surface area (Å²) in [6, 6.07) is 4.61. The minimum Gasteiger partial charge on any atom is -0.464 e. The number of benzene rings is 1. The number of carbonyl (C=O) groups excluding carboxylic acids is 1. The maximum Gasteiger partial charge on any atom is 0.310 e. The summed E-state index contributed by atoms with van der Waals surface area (Å²) in [7, 11) is 0. The van der Waals surface area contributed by atoms with Gasteiger partial charge in [-0.2, -0.15) is 0 Å². The van der Waals surface area contributed by atoms with Gasteiger partial charge in [-0.3, -0.25) is 4.79 Å². The second-order valence-corrected chi connectivity index (χ2v) is 4.55. The van der Waals surface area contributed by atoms with Crippen LogP contribution in [0.2, 0.25) is 0 Å². The molecular weight excluding hydrogens is 207 g/mol. The summed E-state index contributed by atoms with van der Waals surface area (Å²) in [5.41, 5.74) is 1.51. The Morgan fingerprint density at radius 2 is 2.25 bits per heavy atom. The van der Waals surface area contributed by atoms with E-state index < -0.39 is 0 Å². The quantitative estimate of drug-likeness (QED) is 0.683. The highest BCUT2D eigenvalue weighted by Crippen LogP contribution is 2.33. The fraction of sp³-hybridized carbons (Fsp3) is 0.462. The van der Waals surface area contributed by atoms with Crippen LogP contribution in [-0.2, 0) is 21.4 Å². The first-order chi connectivity index (χ1) is 7.55. The van der Waals surface area contributed by atoms with Crippen LogP contribution in [-0.4, -0.2) is 12.6 Å². The van der Waals surface area contributed by atoms with Crippen molar-refractivity contribution in [2.75, 3.05) is 6.61 Å². The maximum absolute atomic E-state index is 13.3. The number of esters is 1. The zero-order valence-electron chi connectivity index (χ0n) is 9.55. The van der Waals surface area contributed by atoms with Gasteiger partial charge in [0, 0.05) is 5.41 Å². The zero-order valence-corrected chi connectivity index (χ0v) is 9.55. The van der Waals surface area contributed by atoms with Crippen LogP contribution in [0.4, 0.5) is 4.39 Å². The van der Waals surface area contributed by atoms with Crippen LogP contribution in [0.25, 0.3) is 0 Å². The Bertz CT molecular complexity index is 428. The normalized spacial score (nSPS) is 24.6. The van der Waals surface area contributed by atoms with Gasteiger partial charge in [0.2, 0.25) is 0 Å². The Kier molecular flexibility index (Phi) is 2.70. The third-order valence-corrected chi connectivity index (χ3v) is 3.39. The molecule has 1 aromatic carbocycles. The van der Waals surface area contributed by atoms with Crippen molar-refractivity contribution in [3.63, 3.8) is 0 Å². The highest BCUT2D eigenvalue weighted by Gasteiger charge is 2.32. The van der Waals surface area contributed by atoms with Crippen molar-refractivity contribution in [2.45, 2.75) is 32.1 Å². The number of hydrogen-bond acceptors (Lipinski definition) is 2. The van der Waals surface area contributed by atoms with Crippen LogP contribution in [0.15, 0.2) is 18.2 Å². The molecule has 0 aromatic heterocycles. The Hall–Kier alpha value is -1.38. The van der Waals surface area contributed by atoms with E-state index in [0.29, 0.717) is 6.61 Å². The molecule has 1 atom stereocenters. The Morgan fingerprint density at radius 3 is 2.94 bits per heavy atom. The molecule has 0 amide bonds. The molecule has 0 fully saturated rings. The van der Waals surface area contributed by atoms with Crippen LogP contribution in [0.1, 0.15) is 31.4 Å². The number of rotatable bonds is 1. The van der Waals surface area contributed by atoms with E-state index in [1.165, 1.54) is 12.1 Å². The molecule has 0 radical (unpaired) electrons. The molecule has 1 heterocycles. The van der Waals surface area contributed by atoms with Gasteiger partial charge in [-0.25, -0.2) is 4.39 Å². The van der Waals surface area contributed by atoms with Gasteiger partial charge in [-0.05, 0) is 29.7 Å². The van der Waals surface area contributed by atoms with Gasteiger partial charge in [0.1, 0.15) is 12.4 Å². The van der Waals surface area contributed by atoms with E-state index in [9.17, 15) is 9.18 Å². The van der Waals surface area contributed by atoms with E-state index in [1.807, 2.05) is 13.8 Å². The minimum atomic E-state index is -0.274. The third-order valence-electron chi connectivity index (χ3n) is 3.39. The molecule has 0 N–H and O–H groups in total. The van der Waals surface area contributed by atoms with E-state index in [2.05, 4.69) is 0 Å². The van der Waals surface area contributed by atoms with Crippen molar-refractivity contribution >= 4 is 5.97 Å². The molecule has 3 heteroatoms. The Labute approximate surface area is 94.4 Å². The van der Waals surface area contributed by atoms with E-state index in [4.69, 9.17) is 4.74 Å². The van der Waals surface area contributed by atoms with Crippen LogP contribution in [0, 0.1) is 5.82 Å².